The molecule has 0 saturated carbocycles. The van der Waals surface area contributed by atoms with Gasteiger partial charge in [-0.3, -0.25) is 19.1 Å². The zero-order valence-corrected chi connectivity index (χ0v) is 12.0. The van der Waals surface area contributed by atoms with Crippen LogP contribution in [-0.4, -0.2) is 40.0 Å². The second-order valence-electron chi connectivity index (χ2n) is 4.18. The monoisotopic (exact) mass is 283 g/mol. The first-order valence-corrected chi connectivity index (χ1v) is 6.60. The van der Waals surface area contributed by atoms with Gasteiger partial charge in [0.15, 0.2) is 0 Å². The summed E-state index contributed by atoms with van der Waals surface area (Å²) in [5.74, 6) is -0.100. The van der Waals surface area contributed by atoms with E-state index in [2.05, 4.69) is 10.3 Å². The number of H-pyrrole nitrogens is 1. The highest BCUT2D eigenvalue weighted by Gasteiger charge is 2.14. The molecular formula is C12H21N5O3. The number of hydrogen-bond acceptors (Lipinski definition) is 5. The fourth-order valence-corrected chi connectivity index (χ4v) is 1.92. The molecule has 20 heavy (non-hydrogen) atoms. The standard InChI is InChI=1S/C12H21N5O3/c1-4-16(5-2)8(18)7-14-9-10(13)17(6-3)12(20)15-11(9)19/h14H,4-7,13H2,1-3H3,(H,15,19,20). The van der Waals surface area contributed by atoms with Gasteiger partial charge in [0.1, 0.15) is 11.5 Å². The van der Waals surface area contributed by atoms with Gasteiger partial charge in [-0.1, -0.05) is 0 Å². The third kappa shape index (κ3) is 3.19. The largest absolute Gasteiger partial charge is 0.383 e. The van der Waals surface area contributed by atoms with Crippen LogP contribution < -0.4 is 22.3 Å². The van der Waals surface area contributed by atoms with Gasteiger partial charge in [0, 0.05) is 19.6 Å². The molecule has 0 bridgehead atoms. The van der Waals surface area contributed by atoms with Crippen LogP contribution in [0.5, 0.6) is 0 Å². The van der Waals surface area contributed by atoms with Gasteiger partial charge in [-0.2, -0.15) is 0 Å². The molecule has 0 aliphatic rings. The number of nitrogens with two attached hydrogens (primary N) is 1. The molecule has 4 N–H and O–H groups in total. The Morgan fingerprint density at radius 3 is 2.40 bits per heavy atom. The van der Waals surface area contributed by atoms with Crippen LogP contribution in [0, 0.1) is 0 Å². The highest BCUT2D eigenvalue weighted by atomic mass is 16.2. The summed E-state index contributed by atoms with van der Waals surface area (Å²) < 4.78 is 1.23. The third-order valence-corrected chi connectivity index (χ3v) is 3.09. The van der Waals surface area contributed by atoms with E-state index in [0.29, 0.717) is 19.6 Å². The Morgan fingerprint density at radius 1 is 1.30 bits per heavy atom. The highest BCUT2D eigenvalue weighted by molar-refractivity contribution is 5.81. The van der Waals surface area contributed by atoms with E-state index in [1.54, 1.807) is 11.8 Å². The molecule has 0 aliphatic carbocycles. The van der Waals surface area contributed by atoms with Crippen LogP contribution in [-0.2, 0) is 11.3 Å². The van der Waals surface area contributed by atoms with Crippen molar-refractivity contribution in [1.29, 1.82) is 0 Å². The average Bonchev–Trinajstić information content (AvgIpc) is 2.39. The molecule has 1 amide bonds. The first-order valence-electron chi connectivity index (χ1n) is 6.60. The van der Waals surface area contributed by atoms with Crippen molar-refractivity contribution in [1.82, 2.24) is 14.5 Å². The van der Waals surface area contributed by atoms with Crippen LogP contribution in [0.3, 0.4) is 0 Å². The van der Waals surface area contributed by atoms with E-state index in [9.17, 15) is 14.4 Å². The number of carbonyl (C=O) groups is 1. The minimum atomic E-state index is -0.621. The normalized spacial score (nSPS) is 10.3. The predicted molar refractivity (Wildman–Crippen MR) is 77.8 cm³/mol. The maximum Gasteiger partial charge on any atom is 0.330 e. The molecule has 0 saturated heterocycles. The lowest BCUT2D eigenvalue weighted by Gasteiger charge is -2.19. The van der Waals surface area contributed by atoms with E-state index in [0.717, 1.165) is 0 Å². The van der Waals surface area contributed by atoms with Crippen molar-refractivity contribution in [3.05, 3.63) is 20.8 Å². The van der Waals surface area contributed by atoms with Crippen molar-refractivity contribution < 1.29 is 4.79 Å². The van der Waals surface area contributed by atoms with Gasteiger partial charge in [-0.05, 0) is 20.8 Å². The minimum Gasteiger partial charge on any atom is -0.383 e. The summed E-state index contributed by atoms with van der Waals surface area (Å²) in [5.41, 5.74) is 4.65. The van der Waals surface area contributed by atoms with Crippen LogP contribution in [0.1, 0.15) is 20.8 Å². The Hall–Kier alpha value is -2.25. The maximum atomic E-state index is 11.9. The molecule has 0 unspecified atom stereocenters. The molecule has 1 rings (SSSR count). The first kappa shape index (κ1) is 15.8. The predicted octanol–water partition coefficient (Wildman–Crippen LogP) is -0.581. The number of amides is 1. The number of aromatic nitrogens is 2. The quantitative estimate of drug-likeness (QED) is 0.646. The van der Waals surface area contributed by atoms with E-state index in [4.69, 9.17) is 5.73 Å². The summed E-state index contributed by atoms with van der Waals surface area (Å²) in [6, 6.07) is 0. The van der Waals surface area contributed by atoms with Crippen molar-refractivity contribution in [2.45, 2.75) is 27.3 Å². The number of anilines is 2. The molecular weight excluding hydrogens is 262 g/mol. The number of likely N-dealkylation sites (N-methyl/N-ethyl adjacent to an activating group) is 1. The summed E-state index contributed by atoms with van der Waals surface area (Å²) >= 11 is 0. The molecule has 8 heteroatoms. The summed E-state index contributed by atoms with van der Waals surface area (Å²) in [6.07, 6.45) is 0. The summed E-state index contributed by atoms with van der Waals surface area (Å²) in [7, 11) is 0. The molecule has 1 aromatic rings. The Bertz CT molecular complexity index is 586. The van der Waals surface area contributed by atoms with Crippen molar-refractivity contribution in [3.63, 3.8) is 0 Å². The number of aromatic amines is 1. The fraction of sp³-hybridized carbons (Fsp3) is 0.583. The lowest BCUT2D eigenvalue weighted by molar-refractivity contribution is -0.128. The SMILES string of the molecule is CCN(CC)C(=O)CNc1c(N)n(CC)c(=O)[nH]c1=O. The molecule has 0 aromatic carbocycles. The van der Waals surface area contributed by atoms with Gasteiger partial charge in [0.05, 0.1) is 6.54 Å². The Labute approximate surface area is 116 Å². The molecule has 0 aliphatic heterocycles. The summed E-state index contributed by atoms with van der Waals surface area (Å²) in [6.45, 7) is 6.96. The molecule has 0 radical (unpaired) electrons. The second kappa shape index (κ2) is 6.78. The number of carbonyl (C=O) groups excluding carboxylic acids is 1. The van der Waals surface area contributed by atoms with E-state index in [1.807, 2.05) is 13.8 Å². The number of nitrogens with one attached hydrogen (secondary N) is 2. The number of hydrogen-bond donors (Lipinski definition) is 3. The van der Waals surface area contributed by atoms with Gasteiger partial charge in [0.25, 0.3) is 5.56 Å². The maximum absolute atomic E-state index is 11.9. The Kier molecular flexibility index (Phi) is 5.36. The second-order valence-corrected chi connectivity index (χ2v) is 4.18. The van der Waals surface area contributed by atoms with Gasteiger partial charge < -0.3 is 16.0 Å². The van der Waals surface area contributed by atoms with Gasteiger partial charge in [0.2, 0.25) is 5.91 Å². The van der Waals surface area contributed by atoms with Crippen LogP contribution in [0.25, 0.3) is 0 Å². The number of nitrogen functional groups attached to an aromatic ring is 1. The van der Waals surface area contributed by atoms with E-state index >= 15 is 0 Å². The van der Waals surface area contributed by atoms with Crippen LogP contribution in [0.15, 0.2) is 9.59 Å². The van der Waals surface area contributed by atoms with E-state index in [-0.39, 0.29) is 24.0 Å². The van der Waals surface area contributed by atoms with Gasteiger partial charge >= 0.3 is 5.69 Å². The van der Waals surface area contributed by atoms with Crippen LogP contribution >= 0.6 is 0 Å². The van der Waals surface area contributed by atoms with Crippen LogP contribution in [0.2, 0.25) is 0 Å². The average molecular weight is 283 g/mol. The zero-order chi connectivity index (χ0) is 15.3. The highest BCUT2D eigenvalue weighted by Crippen LogP contribution is 2.09. The van der Waals surface area contributed by atoms with Crippen molar-refractivity contribution in [3.8, 4) is 0 Å². The smallest absolute Gasteiger partial charge is 0.330 e. The first-order chi connectivity index (χ1) is 9.46. The van der Waals surface area contributed by atoms with Crippen molar-refractivity contribution >= 4 is 17.4 Å². The van der Waals surface area contributed by atoms with Crippen molar-refractivity contribution in [2.75, 3.05) is 30.7 Å². The number of rotatable bonds is 6. The summed E-state index contributed by atoms with van der Waals surface area (Å²) in [5, 5.41) is 2.71. The van der Waals surface area contributed by atoms with E-state index in [1.165, 1.54) is 4.57 Å². The molecule has 1 heterocycles. The molecule has 0 fully saturated rings. The topological polar surface area (TPSA) is 113 Å². The van der Waals surface area contributed by atoms with Crippen molar-refractivity contribution in [2.24, 2.45) is 0 Å². The number of nitrogens with zero attached hydrogens (tertiary/aromatic N) is 2. The molecule has 1 aromatic heterocycles. The molecule has 8 nitrogen and oxygen atoms in total. The molecule has 0 atom stereocenters. The lowest BCUT2D eigenvalue weighted by atomic mass is 10.4. The molecule has 112 valence electrons. The summed E-state index contributed by atoms with van der Waals surface area (Å²) in [4.78, 5) is 38.9. The van der Waals surface area contributed by atoms with Gasteiger partial charge in [-0.15, -0.1) is 0 Å². The fourth-order valence-electron chi connectivity index (χ4n) is 1.92. The van der Waals surface area contributed by atoms with Gasteiger partial charge in [-0.25, -0.2) is 4.79 Å². The lowest BCUT2D eigenvalue weighted by Crippen LogP contribution is -2.38. The van der Waals surface area contributed by atoms with E-state index < -0.39 is 11.2 Å². The third-order valence-electron chi connectivity index (χ3n) is 3.09. The zero-order valence-electron chi connectivity index (χ0n) is 12.0. The minimum absolute atomic E-state index is 0.0357. The Balaban J connectivity index is 2.97. The Morgan fingerprint density at radius 2 is 1.90 bits per heavy atom. The van der Waals surface area contributed by atoms with Crippen LogP contribution in [0.4, 0.5) is 11.5 Å². The molecule has 0 spiro atoms.